The van der Waals surface area contributed by atoms with Crippen LogP contribution in [0.15, 0.2) is 30.3 Å². The molecule has 0 radical (unpaired) electrons. The van der Waals surface area contributed by atoms with Gasteiger partial charge in [-0.05, 0) is 26.0 Å². The monoisotopic (exact) mass is 257 g/mol. The van der Waals surface area contributed by atoms with Gasteiger partial charge < -0.3 is 14.5 Å². The fraction of sp³-hybridized carbons (Fsp3) is 0.385. The highest BCUT2D eigenvalue weighted by Crippen LogP contribution is 2.11. The van der Waals surface area contributed by atoms with E-state index in [1.165, 1.54) is 5.69 Å². The van der Waals surface area contributed by atoms with Crippen molar-refractivity contribution in [3.05, 3.63) is 30.3 Å². The van der Waals surface area contributed by atoms with Gasteiger partial charge in [-0.15, -0.1) is 12.4 Å². The lowest BCUT2D eigenvalue weighted by Crippen LogP contribution is -2.21. The summed E-state index contributed by atoms with van der Waals surface area (Å²) in [6.45, 7) is 6.52. The minimum atomic E-state index is 0. The Morgan fingerprint density at radius 2 is 1.47 bits per heavy atom. The van der Waals surface area contributed by atoms with Crippen LogP contribution in [0.2, 0.25) is 0 Å². The lowest BCUT2D eigenvalue weighted by atomic mass is 10.3. The van der Waals surface area contributed by atoms with Crippen LogP contribution < -0.4 is 4.90 Å². The average molecular weight is 258 g/mol. The number of aldehydes is 2. The third-order valence-corrected chi connectivity index (χ3v) is 2.08. The number of anilines is 1. The molecule has 3 nitrogen and oxygen atoms in total. The van der Waals surface area contributed by atoms with E-state index in [1.807, 2.05) is 6.07 Å². The average Bonchev–Trinajstić information content (AvgIpc) is 2.34. The number of para-hydroxylation sites is 1. The summed E-state index contributed by atoms with van der Waals surface area (Å²) < 4.78 is 0. The summed E-state index contributed by atoms with van der Waals surface area (Å²) in [5.74, 6) is 0. The zero-order chi connectivity index (χ0) is 12.2. The van der Waals surface area contributed by atoms with Crippen molar-refractivity contribution in [1.82, 2.24) is 0 Å². The standard InChI is InChI=1S/C10H15N.C3H4O2.ClH/c1-3-11(4-2)10-8-6-5-7-9-10;4-2-1-3-5;/h5-9H,3-4H2,1-2H3;2-3H,1H2;1H. The molecule has 17 heavy (non-hydrogen) atoms. The highest BCUT2D eigenvalue weighted by molar-refractivity contribution is 5.85. The zero-order valence-electron chi connectivity index (χ0n) is 10.3. The quantitative estimate of drug-likeness (QED) is 0.601. The predicted octanol–water partition coefficient (Wildman–Crippen LogP) is 2.73. The predicted molar refractivity (Wildman–Crippen MR) is 74.0 cm³/mol. The summed E-state index contributed by atoms with van der Waals surface area (Å²) >= 11 is 0. The van der Waals surface area contributed by atoms with Crippen molar-refractivity contribution < 1.29 is 9.59 Å². The number of hydrogen-bond acceptors (Lipinski definition) is 3. The van der Waals surface area contributed by atoms with Gasteiger partial charge in [-0.3, -0.25) is 0 Å². The Morgan fingerprint density at radius 3 is 1.76 bits per heavy atom. The van der Waals surface area contributed by atoms with E-state index < -0.39 is 0 Å². The minimum absolute atomic E-state index is 0. The van der Waals surface area contributed by atoms with Gasteiger partial charge in [0.15, 0.2) is 0 Å². The number of carbonyl (C=O) groups excluding carboxylic acids is 2. The zero-order valence-corrected chi connectivity index (χ0v) is 11.2. The molecule has 0 atom stereocenters. The molecule has 0 N–H and O–H groups in total. The molecular weight excluding hydrogens is 238 g/mol. The molecule has 0 aliphatic rings. The first-order chi connectivity index (χ1) is 7.79. The van der Waals surface area contributed by atoms with Crippen LogP contribution in [0, 0.1) is 0 Å². The van der Waals surface area contributed by atoms with Crippen molar-refractivity contribution >= 4 is 30.7 Å². The molecule has 4 heteroatoms. The summed E-state index contributed by atoms with van der Waals surface area (Å²) in [6, 6.07) is 10.5. The molecule has 96 valence electrons. The first-order valence-corrected chi connectivity index (χ1v) is 5.47. The molecule has 0 spiro atoms. The van der Waals surface area contributed by atoms with Gasteiger partial charge in [0, 0.05) is 18.8 Å². The Hall–Kier alpha value is -1.35. The largest absolute Gasteiger partial charge is 0.372 e. The van der Waals surface area contributed by atoms with Gasteiger partial charge in [0.2, 0.25) is 0 Å². The smallest absolute Gasteiger partial charge is 0.127 e. The van der Waals surface area contributed by atoms with Crippen molar-refractivity contribution in [3.63, 3.8) is 0 Å². The van der Waals surface area contributed by atoms with Gasteiger partial charge in [-0.2, -0.15) is 0 Å². The van der Waals surface area contributed by atoms with Gasteiger partial charge in [0.1, 0.15) is 12.6 Å². The Balaban J connectivity index is 0. The van der Waals surface area contributed by atoms with Crippen molar-refractivity contribution in [3.8, 4) is 0 Å². The maximum Gasteiger partial charge on any atom is 0.127 e. The van der Waals surface area contributed by atoms with E-state index in [0.717, 1.165) is 13.1 Å². The molecular formula is C13H20ClNO2. The molecule has 0 bridgehead atoms. The minimum Gasteiger partial charge on any atom is -0.372 e. The number of benzene rings is 1. The van der Waals surface area contributed by atoms with Crippen molar-refractivity contribution in [1.29, 1.82) is 0 Å². The Kier molecular flexibility index (Phi) is 13.5. The fourth-order valence-corrected chi connectivity index (χ4v) is 1.27. The molecule has 0 saturated heterocycles. The van der Waals surface area contributed by atoms with Gasteiger partial charge in [0.25, 0.3) is 0 Å². The van der Waals surface area contributed by atoms with Crippen molar-refractivity contribution in [2.75, 3.05) is 18.0 Å². The van der Waals surface area contributed by atoms with Crippen LogP contribution in [0.1, 0.15) is 20.3 Å². The molecule has 0 aliphatic heterocycles. The molecule has 0 saturated carbocycles. The first kappa shape index (κ1) is 18.0. The molecule has 0 heterocycles. The molecule has 1 rings (SSSR count). The molecule has 0 amide bonds. The molecule has 0 aromatic heterocycles. The number of hydrogen-bond donors (Lipinski definition) is 0. The summed E-state index contributed by atoms with van der Waals surface area (Å²) in [7, 11) is 0. The summed E-state index contributed by atoms with van der Waals surface area (Å²) in [5.41, 5.74) is 1.32. The number of halogens is 1. The van der Waals surface area contributed by atoms with E-state index in [4.69, 9.17) is 0 Å². The summed E-state index contributed by atoms with van der Waals surface area (Å²) in [6.07, 6.45) is 1.15. The Bertz CT molecular complexity index is 281. The summed E-state index contributed by atoms with van der Waals surface area (Å²) in [4.78, 5) is 20.7. The molecule has 0 unspecified atom stereocenters. The lowest BCUT2D eigenvalue weighted by molar-refractivity contribution is -0.114. The second-order valence-electron chi connectivity index (χ2n) is 3.08. The SMILES string of the molecule is CCN(CC)c1ccccc1.Cl.O=CCC=O. The van der Waals surface area contributed by atoms with Gasteiger partial charge in [-0.1, -0.05) is 18.2 Å². The van der Waals surface area contributed by atoms with Crippen LogP contribution in [0.4, 0.5) is 5.69 Å². The van der Waals surface area contributed by atoms with Crippen LogP contribution in [0.3, 0.4) is 0 Å². The third-order valence-electron chi connectivity index (χ3n) is 2.08. The molecule has 0 aliphatic carbocycles. The van der Waals surface area contributed by atoms with Crippen LogP contribution in [-0.2, 0) is 9.59 Å². The van der Waals surface area contributed by atoms with Crippen molar-refractivity contribution in [2.45, 2.75) is 20.3 Å². The highest BCUT2D eigenvalue weighted by Gasteiger charge is 1.97. The van der Waals surface area contributed by atoms with Crippen LogP contribution in [0.25, 0.3) is 0 Å². The van der Waals surface area contributed by atoms with Crippen LogP contribution in [0.5, 0.6) is 0 Å². The second kappa shape index (κ2) is 12.7. The van der Waals surface area contributed by atoms with Crippen LogP contribution >= 0.6 is 12.4 Å². The van der Waals surface area contributed by atoms with Gasteiger partial charge in [0.05, 0.1) is 6.42 Å². The maximum atomic E-state index is 9.17. The van der Waals surface area contributed by atoms with Crippen LogP contribution in [-0.4, -0.2) is 25.7 Å². The Labute approximate surface area is 109 Å². The number of nitrogens with zero attached hydrogens (tertiary/aromatic N) is 1. The number of carbonyl (C=O) groups is 2. The van der Waals surface area contributed by atoms with Gasteiger partial charge >= 0.3 is 0 Å². The highest BCUT2D eigenvalue weighted by atomic mass is 35.5. The van der Waals surface area contributed by atoms with E-state index >= 15 is 0 Å². The molecule has 0 fully saturated rings. The third kappa shape index (κ3) is 8.46. The topological polar surface area (TPSA) is 37.4 Å². The first-order valence-electron chi connectivity index (χ1n) is 5.47. The van der Waals surface area contributed by atoms with Gasteiger partial charge in [-0.25, -0.2) is 0 Å². The van der Waals surface area contributed by atoms with E-state index in [2.05, 4.69) is 43.0 Å². The second-order valence-corrected chi connectivity index (χ2v) is 3.08. The van der Waals surface area contributed by atoms with E-state index in [9.17, 15) is 9.59 Å². The maximum absolute atomic E-state index is 9.17. The molecule has 1 aromatic carbocycles. The lowest BCUT2D eigenvalue weighted by Gasteiger charge is -2.20. The van der Waals surface area contributed by atoms with Crippen molar-refractivity contribution in [2.24, 2.45) is 0 Å². The normalized spacial score (nSPS) is 8.12. The summed E-state index contributed by atoms with van der Waals surface area (Å²) in [5, 5.41) is 0. The number of rotatable bonds is 5. The fourth-order valence-electron chi connectivity index (χ4n) is 1.27. The Morgan fingerprint density at radius 1 is 1.00 bits per heavy atom. The van der Waals surface area contributed by atoms with E-state index in [0.29, 0.717) is 12.6 Å². The van der Waals surface area contributed by atoms with E-state index in [-0.39, 0.29) is 18.8 Å². The van der Waals surface area contributed by atoms with E-state index in [1.54, 1.807) is 0 Å². The molecule has 1 aromatic rings.